The summed E-state index contributed by atoms with van der Waals surface area (Å²) in [7, 11) is 1.48. The van der Waals surface area contributed by atoms with Gasteiger partial charge in [0.15, 0.2) is 0 Å². The Hall–Kier alpha value is -1.59. The first-order valence-electron chi connectivity index (χ1n) is 5.22. The minimum absolute atomic E-state index is 0.218. The standard InChI is InChI=1S/C12H11ClN2O2S/c1-17-12-9(3-2-6-14-12)11(16)15-7-8-4-5-10(13)18-8/h2-6H,7H2,1H3,(H,15,16). The molecule has 0 bridgehead atoms. The van der Waals surface area contributed by atoms with Gasteiger partial charge in [-0.2, -0.15) is 0 Å². The van der Waals surface area contributed by atoms with Crippen LogP contribution in [0.25, 0.3) is 0 Å². The molecule has 0 radical (unpaired) electrons. The van der Waals surface area contributed by atoms with Gasteiger partial charge >= 0.3 is 0 Å². The molecule has 0 saturated carbocycles. The van der Waals surface area contributed by atoms with Crippen LogP contribution in [0, 0.1) is 0 Å². The van der Waals surface area contributed by atoms with Crippen LogP contribution in [-0.2, 0) is 6.54 Å². The third kappa shape index (κ3) is 3.00. The van der Waals surface area contributed by atoms with Crippen molar-refractivity contribution in [2.45, 2.75) is 6.54 Å². The molecule has 0 spiro atoms. The van der Waals surface area contributed by atoms with E-state index >= 15 is 0 Å². The molecule has 2 aromatic rings. The molecule has 0 unspecified atom stereocenters. The number of carbonyl (C=O) groups excluding carboxylic acids is 1. The van der Waals surface area contributed by atoms with Crippen LogP contribution in [0.5, 0.6) is 5.88 Å². The SMILES string of the molecule is COc1ncccc1C(=O)NCc1ccc(Cl)s1. The number of rotatable bonds is 4. The lowest BCUT2D eigenvalue weighted by Crippen LogP contribution is -2.23. The first-order valence-corrected chi connectivity index (χ1v) is 6.41. The summed E-state index contributed by atoms with van der Waals surface area (Å²) in [6, 6.07) is 7.05. The van der Waals surface area contributed by atoms with Crippen LogP contribution in [0.1, 0.15) is 15.2 Å². The smallest absolute Gasteiger partial charge is 0.257 e. The van der Waals surface area contributed by atoms with Crippen LogP contribution in [0.2, 0.25) is 4.34 Å². The number of aromatic nitrogens is 1. The molecule has 0 aliphatic heterocycles. The molecule has 94 valence electrons. The molecular formula is C12H11ClN2O2S. The van der Waals surface area contributed by atoms with Gasteiger partial charge in [-0.25, -0.2) is 4.98 Å². The van der Waals surface area contributed by atoms with Crippen molar-refractivity contribution < 1.29 is 9.53 Å². The van der Waals surface area contributed by atoms with E-state index in [1.165, 1.54) is 18.4 Å². The predicted octanol–water partition coefficient (Wildman–Crippen LogP) is 2.74. The first kappa shape index (κ1) is 12.9. The number of nitrogens with zero attached hydrogens (tertiary/aromatic N) is 1. The van der Waals surface area contributed by atoms with Gasteiger partial charge in [0, 0.05) is 11.1 Å². The summed E-state index contributed by atoms with van der Waals surface area (Å²) in [6.45, 7) is 0.439. The van der Waals surface area contributed by atoms with Crippen LogP contribution in [0.3, 0.4) is 0 Å². The van der Waals surface area contributed by atoms with Gasteiger partial charge < -0.3 is 10.1 Å². The number of ether oxygens (including phenoxy) is 1. The van der Waals surface area contributed by atoms with Gasteiger partial charge in [-0.1, -0.05) is 11.6 Å². The molecule has 0 aromatic carbocycles. The molecule has 2 rings (SSSR count). The molecule has 0 aliphatic rings. The van der Waals surface area contributed by atoms with Crippen molar-refractivity contribution in [1.82, 2.24) is 10.3 Å². The highest BCUT2D eigenvalue weighted by Crippen LogP contribution is 2.21. The summed E-state index contributed by atoms with van der Waals surface area (Å²) < 4.78 is 5.74. The molecule has 18 heavy (non-hydrogen) atoms. The molecule has 0 atom stereocenters. The number of pyridine rings is 1. The zero-order valence-electron chi connectivity index (χ0n) is 9.64. The van der Waals surface area contributed by atoms with Crippen LogP contribution >= 0.6 is 22.9 Å². The summed E-state index contributed by atoms with van der Waals surface area (Å²) in [5.41, 5.74) is 0.419. The number of thiophene rings is 1. The normalized spacial score (nSPS) is 10.1. The fraction of sp³-hybridized carbons (Fsp3) is 0.167. The molecule has 2 aromatic heterocycles. The van der Waals surface area contributed by atoms with Crippen molar-refractivity contribution in [1.29, 1.82) is 0 Å². The van der Waals surface area contributed by atoms with Crippen molar-refractivity contribution in [3.05, 3.63) is 45.2 Å². The second-order valence-electron chi connectivity index (χ2n) is 3.45. The molecule has 1 N–H and O–H groups in total. The Bertz CT molecular complexity index is 557. The quantitative estimate of drug-likeness (QED) is 0.938. The largest absolute Gasteiger partial charge is 0.480 e. The number of nitrogens with one attached hydrogen (secondary N) is 1. The zero-order valence-corrected chi connectivity index (χ0v) is 11.2. The first-order chi connectivity index (χ1) is 8.70. The van der Waals surface area contributed by atoms with Crippen LogP contribution in [0.15, 0.2) is 30.5 Å². The third-order valence-corrected chi connectivity index (χ3v) is 3.49. The Balaban J connectivity index is 2.03. The number of carbonyl (C=O) groups is 1. The number of methoxy groups -OCH3 is 1. The number of hydrogen-bond donors (Lipinski definition) is 1. The fourth-order valence-corrected chi connectivity index (χ4v) is 2.46. The van der Waals surface area contributed by atoms with E-state index in [1.807, 2.05) is 6.07 Å². The van der Waals surface area contributed by atoms with Gasteiger partial charge in [0.1, 0.15) is 5.56 Å². The van der Waals surface area contributed by atoms with Crippen molar-refractivity contribution >= 4 is 28.8 Å². The topological polar surface area (TPSA) is 51.2 Å². The van der Waals surface area contributed by atoms with E-state index in [4.69, 9.17) is 16.3 Å². The van der Waals surface area contributed by atoms with E-state index in [0.717, 1.165) is 4.88 Å². The Kier molecular flexibility index (Phi) is 4.17. The van der Waals surface area contributed by atoms with Crippen molar-refractivity contribution in [2.75, 3.05) is 7.11 Å². The lowest BCUT2D eigenvalue weighted by Gasteiger charge is -2.07. The molecule has 1 amide bonds. The van der Waals surface area contributed by atoms with Crippen LogP contribution < -0.4 is 10.1 Å². The number of hydrogen-bond acceptors (Lipinski definition) is 4. The average Bonchev–Trinajstić information content (AvgIpc) is 2.81. The highest BCUT2D eigenvalue weighted by Gasteiger charge is 2.12. The van der Waals surface area contributed by atoms with Gasteiger partial charge in [-0.3, -0.25) is 4.79 Å². The van der Waals surface area contributed by atoms with E-state index in [-0.39, 0.29) is 5.91 Å². The van der Waals surface area contributed by atoms with Gasteiger partial charge in [-0.05, 0) is 24.3 Å². The Morgan fingerprint density at radius 2 is 2.33 bits per heavy atom. The molecule has 0 fully saturated rings. The summed E-state index contributed by atoms with van der Waals surface area (Å²) in [4.78, 5) is 16.9. The number of amides is 1. The van der Waals surface area contributed by atoms with Crippen molar-refractivity contribution in [3.8, 4) is 5.88 Å². The maximum Gasteiger partial charge on any atom is 0.257 e. The number of halogens is 1. The predicted molar refractivity (Wildman–Crippen MR) is 71.3 cm³/mol. The van der Waals surface area contributed by atoms with Crippen LogP contribution in [0.4, 0.5) is 0 Å². The Labute approximate surface area is 114 Å². The van der Waals surface area contributed by atoms with E-state index in [9.17, 15) is 4.79 Å². The monoisotopic (exact) mass is 282 g/mol. The Morgan fingerprint density at radius 3 is 3.00 bits per heavy atom. The maximum absolute atomic E-state index is 11.9. The van der Waals surface area contributed by atoms with Gasteiger partial charge in [0.25, 0.3) is 5.91 Å². The highest BCUT2D eigenvalue weighted by atomic mass is 35.5. The summed E-state index contributed by atoms with van der Waals surface area (Å²) in [5.74, 6) is 0.101. The second kappa shape index (κ2) is 5.84. The molecule has 2 heterocycles. The van der Waals surface area contributed by atoms with E-state index in [0.29, 0.717) is 22.3 Å². The lowest BCUT2D eigenvalue weighted by molar-refractivity contribution is 0.0947. The van der Waals surface area contributed by atoms with E-state index in [1.54, 1.807) is 24.4 Å². The van der Waals surface area contributed by atoms with Crippen LogP contribution in [-0.4, -0.2) is 18.0 Å². The highest BCUT2D eigenvalue weighted by molar-refractivity contribution is 7.16. The fourth-order valence-electron chi connectivity index (χ4n) is 1.44. The summed E-state index contributed by atoms with van der Waals surface area (Å²) in [6.07, 6.45) is 1.58. The minimum Gasteiger partial charge on any atom is -0.480 e. The second-order valence-corrected chi connectivity index (χ2v) is 5.25. The molecule has 6 heteroatoms. The van der Waals surface area contributed by atoms with Gasteiger partial charge in [-0.15, -0.1) is 11.3 Å². The zero-order chi connectivity index (χ0) is 13.0. The average molecular weight is 283 g/mol. The van der Waals surface area contributed by atoms with E-state index < -0.39 is 0 Å². The minimum atomic E-state index is -0.218. The Morgan fingerprint density at radius 1 is 1.50 bits per heavy atom. The van der Waals surface area contributed by atoms with Gasteiger partial charge in [0.2, 0.25) is 5.88 Å². The third-order valence-electron chi connectivity index (χ3n) is 2.26. The summed E-state index contributed by atoms with van der Waals surface area (Å²) in [5, 5.41) is 2.80. The lowest BCUT2D eigenvalue weighted by atomic mass is 10.2. The summed E-state index contributed by atoms with van der Waals surface area (Å²) >= 11 is 7.25. The van der Waals surface area contributed by atoms with Crippen molar-refractivity contribution in [3.63, 3.8) is 0 Å². The molecule has 4 nitrogen and oxygen atoms in total. The molecule has 0 aliphatic carbocycles. The van der Waals surface area contributed by atoms with E-state index in [2.05, 4.69) is 10.3 Å². The molecular weight excluding hydrogens is 272 g/mol. The van der Waals surface area contributed by atoms with Crippen molar-refractivity contribution in [2.24, 2.45) is 0 Å². The molecule has 0 saturated heterocycles. The maximum atomic E-state index is 11.9. The van der Waals surface area contributed by atoms with Gasteiger partial charge in [0.05, 0.1) is 18.0 Å².